The smallest absolute Gasteiger partial charge is 0.258 e. The lowest BCUT2D eigenvalue weighted by Gasteiger charge is -2.05. The van der Waals surface area contributed by atoms with E-state index < -0.39 is 11.9 Å². The molecule has 0 saturated heterocycles. The van der Waals surface area contributed by atoms with E-state index >= 15 is 0 Å². The van der Waals surface area contributed by atoms with Gasteiger partial charge in [-0.1, -0.05) is 16.8 Å². The third-order valence-corrected chi connectivity index (χ3v) is 2.75. The molecule has 2 N–H and O–H groups in total. The summed E-state index contributed by atoms with van der Waals surface area (Å²) in [4.78, 5) is 4.11. The highest BCUT2D eigenvalue weighted by Crippen LogP contribution is 2.23. The second-order valence-corrected chi connectivity index (χ2v) is 4.26. The van der Waals surface area contributed by atoms with Gasteiger partial charge in [0.15, 0.2) is 5.82 Å². The van der Waals surface area contributed by atoms with Crippen LogP contribution in [0.4, 0.5) is 4.39 Å². The van der Waals surface area contributed by atoms with Crippen LogP contribution >= 0.6 is 11.6 Å². The Morgan fingerprint density at radius 3 is 3.00 bits per heavy atom. The van der Waals surface area contributed by atoms with Crippen molar-refractivity contribution < 1.29 is 13.7 Å². The van der Waals surface area contributed by atoms with Gasteiger partial charge in [-0.05, 0) is 25.1 Å². The Balaban J connectivity index is 2.18. The van der Waals surface area contributed by atoms with E-state index in [2.05, 4.69) is 10.1 Å². The van der Waals surface area contributed by atoms with Crippen molar-refractivity contribution in [3.05, 3.63) is 34.9 Å². The van der Waals surface area contributed by atoms with Crippen molar-refractivity contribution in [2.75, 3.05) is 13.2 Å². The zero-order valence-corrected chi connectivity index (χ0v) is 11.0. The minimum atomic E-state index is -0.544. The number of aromatic nitrogens is 2. The van der Waals surface area contributed by atoms with Crippen molar-refractivity contribution in [2.45, 2.75) is 13.0 Å². The van der Waals surface area contributed by atoms with E-state index in [0.29, 0.717) is 24.6 Å². The maximum atomic E-state index is 13.3. The van der Waals surface area contributed by atoms with Crippen molar-refractivity contribution in [3.8, 4) is 11.5 Å². The van der Waals surface area contributed by atoms with Crippen molar-refractivity contribution in [1.82, 2.24) is 10.1 Å². The highest BCUT2D eigenvalue weighted by Gasteiger charge is 2.16. The lowest BCUT2D eigenvalue weighted by Crippen LogP contribution is -2.18. The number of hydrogen-bond donors (Lipinski definition) is 1. The molecule has 0 spiro atoms. The first kappa shape index (κ1) is 13.9. The van der Waals surface area contributed by atoms with Gasteiger partial charge in [-0.3, -0.25) is 0 Å². The van der Waals surface area contributed by atoms with Crippen LogP contribution in [0.5, 0.6) is 0 Å². The van der Waals surface area contributed by atoms with E-state index in [1.165, 1.54) is 12.1 Å². The monoisotopic (exact) mass is 285 g/mol. The summed E-state index contributed by atoms with van der Waals surface area (Å²) in [7, 11) is 0. The molecule has 2 rings (SSSR count). The summed E-state index contributed by atoms with van der Waals surface area (Å²) in [6, 6.07) is 3.77. The molecule has 1 heterocycles. The fraction of sp³-hybridized carbons (Fsp3) is 0.333. The zero-order valence-electron chi connectivity index (χ0n) is 10.3. The molecule has 2 aromatic rings. The van der Waals surface area contributed by atoms with E-state index in [-0.39, 0.29) is 10.9 Å². The van der Waals surface area contributed by atoms with Crippen LogP contribution in [-0.2, 0) is 4.74 Å². The number of hydrogen-bond acceptors (Lipinski definition) is 5. The minimum Gasteiger partial charge on any atom is -0.380 e. The molecule has 1 atom stereocenters. The first-order valence-electron chi connectivity index (χ1n) is 5.74. The summed E-state index contributed by atoms with van der Waals surface area (Å²) in [6.45, 7) is 2.72. The van der Waals surface area contributed by atoms with E-state index in [4.69, 9.17) is 26.6 Å². The summed E-state index contributed by atoms with van der Waals surface area (Å²) in [6.07, 6.45) is 0. The van der Waals surface area contributed by atoms with Crippen molar-refractivity contribution >= 4 is 11.6 Å². The Bertz CT molecular complexity index is 562. The highest BCUT2D eigenvalue weighted by molar-refractivity contribution is 6.30. The van der Waals surface area contributed by atoms with Crippen LogP contribution < -0.4 is 5.73 Å². The highest BCUT2D eigenvalue weighted by atomic mass is 35.5. The number of ether oxygens (including phenoxy) is 1. The number of nitrogens with zero attached hydrogens (tertiary/aromatic N) is 2. The second-order valence-electron chi connectivity index (χ2n) is 3.85. The Kier molecular flexibility index (Phi) is 4.47. The van der Waals surface area contributed by atoms with Gasteiger partial charge in [-0.2, -0.15) is 4.98 Å². The Hall–Kier alpha value is -1.50. The van der Waals surface area contributed by atoms with Crippen molar-refractivity contribution in [2.24, 2.45) is 5.73 Å². The predicted molar refractivity (Wildman–Crippen MR) is 68.1 cm³/mol. The average Bonchev–Trinajstić information content (AvgIpc) is 2.89. The van der Waals surface area contributed by atoms with Gasteiger partial charge >= 0.3 is 0 Å². The van der Waals surface area contributed by atoms with Gasteiger partial charge in [0.05, 0.1) is 17.7 Å². The van der Waals surface area contributed by atoms with E-state index in [1.54, 1.807) is 6.07 Å². The van der Waals surface area contributed by atoms with E-state index in [9.17, 15) is 4.39 Å². The zero-order chi connectivity index (χ0) is 13.8. The molecule has 0 radical (unpaired) electrons. The third-order valence-electron chi connectivity index (χ3n) is 2.44. The third kappa shape index (κ3) is 3.28. The summed E-state index contributed by atoms with van der Waals surface area (Å²) in [5, 5.41) is 3.79. The average molecular weight is 286 g/mol. The van der Waals surface area contributed by atoms with Gasteiger partial charge in [0.2, 0.25) is 0 Å². The molecule has 5 nitrogen and oxygen atoms in total. The summed E-state index contributed by atoms with van der Waals surface area (Å²) in [5.41, 5.74) is 6.27. The Labute approximate surface area is 114 Å². The van der Waals surface area contributed by atoms with Crippen LogP contribution in [0.15, 0.2) is 22.7 Å². The molecule has 7 heteroatoms. The Morgan fingerprint density at radius 1 is 1.53 bits per heavy atom. The molecule has 102 valence electrons. The molecular formula is C12H13ClFN3O2. The number of rotatable bonds is 5. The molecule has 0 fully saturated rings. The van der Waals surface area contributed by atoms with Gasteiger partial charge in [0, 0.05) is 12.2 Å². The lowest BCUT2D eigenvalue weighted by atomic mass is 10.2. The molecule has 1 unspecified atom stereocenters. The van der Waals surface area contributed by atoms with Gasteiger partial charge in [-0.15, -0.1) is 0 Å². The normalized spacial score (nSPS) is 12.6. The van der Waals surface area contributed by atoms with Gasteiger partial charge < -0.3 is 15.0 Å². The van der Waals surface area contributed by atoms with Gasteiger partial charge in [-0.25, -0.2) is 4.39 Å². The van der Waals surface area contributed by atoms with E-state index in [0.717, 1.165) is 0 Å². The maximum Gasteiger partial charge on any atom is 0.258 e. The van der Waals surface area contributed by atoms with Gasteiger partial charge in [0.1, 0.15) is 5.82 Å². The molecule has 0 aliphatic carbocycles. The molecule has 1 aromatic heterocycles. The molecule has 0 aliphatic heterocycles. The van der Waals surface area contributed by atoms with Crippen LogP contribution in [0.25, 0.3) is 11.5 Å². The number of halogens is 2. The molecule has 0 bridgehead atoms. The first-order valence-corrected chi connectivity index (χ1v) is 6.12. The quantitative estimate of drug-likeness (QED) is 0.914. The largest absolute Gasteiger partial charge is 0.380 e. The van der Waals surface area contributed by atoms with E-state index in [1.807, 2.05) is 6.92 Å². The standard InChI is InChI=1S/C12H13ClFN3O2/c1-2-18-6-10(15)11-16-12(19-17-11)7-3-4-8(13)9(14)5-7/h3-5,10H,2,6,15H2,1H3. The lowest BCUT2D eigenvalue weighted by molar-refractivity contribution is 0.130. The minimum absolute atomic E-state index is 0.0385. The van der Waals surface area contributed by atoms with Crippen LogP contribution in [-0.4, -0.2) is 23.4 Å². The Morgan fingerprint density at radius 2 is 2.32 bits per heavy atom. The first-order chi connectivity index (χ1) is 9.11. The molecule has 1 aromatic carbocycles. The van der Waals surface area contributed by atoms with Crippen LogP contribution in [0.3, 0.4) is 0 Å². The SMILES string of the molecule is CCOCC(N)c1noc(-c2ccc(Cl)c(F)c2)n1. The fourth-order valence-corrected chi connectivity index (χ4v) is 1.57. The van der Waals surface area contributed by atoms with Crippen LogP contribution in [0.1, 0.15) is 18.8 Å². The molecule has 19 heavy (non-hydrogen) atoms. The summed E-state index contributed by atoms with van der Waals surface area (Å²) < 4.78 is 23.5. The van der Waals surface area contributed by atoms with Crippen LogP contribution in [0.2, 0.25) is 5.02 Å². The maximum absolute atomic E-state index is 13.3. The van der Waals surface area contributed by atoms with Crippen molar-refractivity contribution in [3.63, 3.8) is 0 Å². The summed E-state index contributed by atoms with van der Waals surface area (Å²) >= 11 is 5.60. The fourth-order valence-electron chi connectivity index (χ4n) is 1.45. The number of nitrogens with two attached hydrogens (primary N) is 1. The molecule has 0 aliphatic rings. The number of benzene rings is 1. The molecule has 0 saturated carbocycles. The van der Waals surface area contributed by atoms with Crippen molar-refractivity contribution in [1.29, 1.82) is 0 Å². The van der Waals surface area contributed by atoms with Gasteiger partial charge in [0.25, 0.3) is 5.89 Å². The molecular weight excluding hydrogens is 273 g/mol. The van der Waals surface area contributed by atoms with Crippen LogP contribution in [0, 0.1) is 5.82 Å². The summed E-state index contributed by atoms with van der Waals surface area (Å²) in [5.74, 6) is -0.0335. The molecule has 0 amide bonds. The topological polar surface area (TPSA) is 74.2 Å². The predicted octanol–water partition coefficient (Wildman–Crippen LogP) is 2.57. The second kappa shape index (κ2) is 6.10.